The smallest absolute Gasteiger partial charge is 0.305 e. The number of hydrogen-bond donors (Lipinski definition) is 1. The van der Waals surface area contributed by atoms with Crippen molar-refractivity contribution >= 4 is 11.9 Å². The highest BCUT2D eigenvalue weighted by Crippen LogP contribution is 2.38. The van der Waals surface area contributed by atoms with E-state index >= 15 is 0 Å². The van der Waals surface area contributed by atoms with E-state index in [9.17, 15) is 4.79 Å². The van der Waals surface area contributed by atoms with Gasteiger partial charge in [0.15, 0.2) is 5.96 Å². The van der Waals surface area contributed by atoms with Crippen LogP contribution in [0.5, 0.6) is 0 Å². The second kappa shape index (κ2) is 9.11. The van der Waals surface area contributed by atoms with Crippen LogP contribution < -0.4 is 5.32 Å². The summed E-state index contributed by atoms with van der Waals surface area (Å²) >= 11 is 0. The maximum atomic E-state index is 11.1. The molecular weight excluding hydrogens is 294 g/mol. The van der Waals surface area contributed by atoms with E-state index in [-0.39, 0.29) is 5.97 Å². The zero-order valence-corrected chi connectivity index (χ0v) is 14.6. The van der Waals surface area contributed by atoms with Gasteiger partial charge < -0.3 is 19.7 Å². The van der Waals surface area contributed by atoms with Gasteiger partial charge in [0.1, 0.15) is 0 Å². The number of aliphatic imine (C=N–C) groups is 1. The normalized spacial score (nSPS) is 24.4. The lowest BCUT2D eigenvalue weighted by Crippen LogP contribution is -2.41. The fraction of sp³-hybridized carbons (Fsp3) is 0.882. The van der Waals surface area contributed by atoms with Crippen molar-refractivity contribution in [3.8, 4) is 0 Å². The van der Waals surface area contributed by atoms with E-state index in [1.807, 2.05) is 0 Å². The summed E-state index contributed by atoms with van der Waals surface area (Å²) < 4.78 is 10.2. The molecule has 6 nitrogen and oxygen atoms in total. The minimum absolute atomic E-state index is 0.122. The number of nitrogens with zero attached hydrogens (tertiary/aromatic N) is 2. The first-order valence-electron chi connectivity index (χ1n) is 8.87. The third kappa shape index (κ3) is 5.37. The van der Waals surface area contributed by atoms with Gasteiger partial charge >= 0.3 is 5.97 Å². The molecule has 2 heterocycles. The predicted octanol–water partition coefficient (Wildman–Crippen LogP) is 1.80. The molecule has 0 aromatic heterocycles. The summed E-state index contributed by atoms with van der Waals surface area (Å²) in [5.41, 5.74) is 0.358. The molecule has 2 fully saturated rings. The number of ether oxygens (including phenoxy) is 2. The summed E-state index contributed by atoms with van der Waals surface area (Å²) in [5.74, 6) is 0.909. The first kappa shape index (κ1) is 18.0. The Hall–Kier alpha value is -1.30. The van der Waals surface area contributed by atoms with Crippen LogP contribution in [-0.2, 0) is 14.3 Å². The molecule has 0 aromatic carbocycles. The number of nitrogens with one attached hydrogen (secondary N) is 1. The van der Waals surface area contributed by atoms with Gasteiger partial charge in [0.2, 0.25) is 0 Å². The van der Waals surface area contributed by atoms with Crippen molar-refractivity contribution in [3.05, 3.63) is 0 Å². The molecule has 23 heavy (non-hydrogen) atoms. The Labute approximate surface area is 139 Å². The van der Waals surface area contributed by atoms with Crippen LogP contribution in [0.4, 0.5) is 0 Å². The number of rotatable bonds is 7. The molecule has 0 aromatic rings. The lowest BCUT2D eigenvalue weighted by Gasteiger charge is -2.25. The van der Waals surface area contributed by atoms with Crippen molar-refractivity contribution in [3.63, 3.8) is 0 Å². The number of unbranched alkanes of at least 4 members (excludes halogenated alkanes) is 2. The second-order valence-electron chi connectivity index (χ2n) is 6.60. The highest BCUT2D eigenvalue weighted by atomic mass is 16.5. The summed E-state index contributed by atoms with van der Waals surface area (Å²) in [4.78, 5) is 18.2. The Kier molecular flexibility index (Phi) is 7.15. The largest absolute Gasteiger partial charge is 0.469 e. The van der Waals surface area contributed by atoms with Gasteiger partial charge in [-0.25, -0.2) is 0 Å². The molecule has 0 aliphatic carbocycles. The average molecular weight is 325 g/mol. The predicted molar refractivity (Wildman–Crippen MR) is 90.5 cm³/mol. The molecular formula is C17H31N3O3. The fourth-order valence-electron chi connectivity index (χ4n) is 3.36. The SMILES string of the molecule is CCNC(=NCCCCCC(=O)OC)N1CCC2(CCOC2)C1. The number of carbonyl (C=O) groups excluding carboxylic acids is 1. The monoisotopic (exact) mass is 325 g/mol. The number of carbonyl (C=O) groups is 1. The average Bonchev–Trinajstić information content (AvgIpc) is 3.19. The minimum atomic E-state index is -0.122. The Bertz CT molecular complexity index is 406. The molecule has 0 bridgehead atoms. The van der Waals surface area contributed by atoms with Crippen LogP contribution in [0.2, 0.25) is 0 Å². The molecule has 2 aliphatic heterocycles. The quantitative estimate of drug-likeness (QED) is 0.335. The fourth-order valence-corrected chi connectivity index (χ4v) is 3.36. The molecule has 1 unspecified atom stereocenters. The van der Waals surface area contributed by atoms with Crippen molar-refractivity contribution in [1.29, 1.82) is 0 Å². The molecule has 0 radical (unpaired) electrons. The van der Waals surface area contributed by atoms with Gasteiger partial charge in [0.25, 0.3) is 0 Å². The van der Waals surface area contributed by atoms with Gasteiger partial charge in [0.05, 0.1) is 13.7 Å². The molecule has 1 spiro atoms. The van der Waals surface area contributed by atoms with Crippen LogP contribution in [-0.4, -0.2) is 63.3 Å². The molecule has 0 saturated carbocycles. The molecule has 2 rings (SSSR count). The topological polar surface area (TPSA) is 63.2 Å². The molecule has 1 atom stereocenters. The molecule has 132 valence electrons. The van der Waals surface area contributed by atoms with E-state index in [4.69, 9.17) is 9.73 Å². The summed E-state index contributed by atoms with van der Waals surface area (Å²) in [6.45, 7) is 7.73. The third-order valence-electron chi connectivity index (χ3n) is 4.79. The van der Waals surface area contributed by atoms with Gasteiger partial charge in [-0.2, -0.15) is 0 Å². The zero-order chi connectivity index (χ0) is 16.5. The van der Waals surface area contributed by atoms with Crippen LogP contribution in [0, 0.1) is 5.41 Å². The standard InChI is InChI=1S/C17H31N3O3/c1-3-18-16(19-10-6-4-5-7-15(21)22-2)20-11-8-17(13-20)9-12-23-14-17/h3-14H2,1-2H3,(H,18,19). The van der Waals surface area contributed by atoms with Gasteiger partial charge in [-0.1, -0.05) is 6.42 Å². The number of hydrogen-bond acceptors (Lipinski definition) is 4. The van der Waals surface area contributed by atoms with E-state index in [1.54, 1.807) is 0 Å². The molecule has 0 amide bonds. The van der Waals surface area contributed by atoms with Crippen LogP contribution in [0.25, 0.3) is 0 Å². The third-order valence-corrected chi connectivity index (χ3v) is 4.79. The summed E-state index contributed by atoms with van der Waals surface area (Å²) in [6, 6.07) is 0. The van der Waals surface area contributed by atoms with E-state index in [1.165, 1.54) is 20.0 Å². The summed E-state index contributed by atoms with van der Waals surface area (Å²) in [5, 5.41) is 3.41. The number of esters is 1. The summed E-state index contributed by atoms with van der Waals surface area (Å²) in [7, 11) is 1.44. The van der Waals surface area contributed by atoms with Crippen LogP contribution in [0.15, 0.2) is 4.99 Å². The maximum Gasteiger partial charge on any atom is 0.305 e. The molecule has 1 N–H and O–H groups in total. The lowest BCUT2D eigenvalue weighted by atomic mass is 9.87. The van der Waals surface area contributed by atoms with Crippen LogP contribution in [0.1, 0.15) is 45.4 Å². The van der Waals surface area contributed by atoms with Gasteiger partial charge in [-0.15, -0.1) is 0 Å². The highest BCUT2D eigenvalue weighted by Gasteiger charge is 2.42. The van der Waals surface area contributed by atoms with Crippen LogP contribution in [0.3, 0.4) is 0 Å². The van der Waals surface area contributed by atoms with E-state index < -0.39 is 0 Å². The van der Waals surface area contributed by atoms with E-state index in [0.717, 1.165) is 64.6 Å². The number of methoxy groups -OCH3 is 1. The molecule has 2 aliphatic rings. The Morgan fingerprint density at radius 1 is 1.35 bits per heavy atom. The minimum Gasteiger partial charge on any atom is -0.469 e. The van der Waals surface area contributed by atoms with Crippen molar-refractivity contribution in [2.45, 2.75) is 45.4 Å². The molecule has 2 saturated heterocycles. The first-order chi connectivity index (χ1) is 11.2. The van der Waals surface area contributed by atoms with Gasteiger partial charge in [-0.05, 0) is 32.6 Å². The van der Waals surface area contributed by atoms with E-state index in [2.05, 4.69) is 21.9 Å². The Morgan fingerprint density at radius 2 is 2.22 bits per heavy atom. The number of guanidine groups is 1. The number of likely N-dealkylation sites (tertiary alicyclic amines) is 1. The molecule has 6 heteroatoms. The maximum absolute atomic E-state index is 11.1. The highest BCUT2D eigenvalue weighted by molar-refractivity contribution is 5.80. The van der Waals surface area contributed by atoms with Crippen molar-refractivity contribution in [2.24, 2.45) is 10.4 Å². The summed E-state index contributed by atoms with van der Waals surface area (Å²) in [6.07, 6.45) is 5.79. The van der Waals surface area contributed by atoms with Crippen molar-refractivity contribution in [2.75, 3.05) is 46.5 Å². The first-order valence-corrected chi connectivity index (χ1v) is 8.87. The second-order valence-corrected chi connectivity index (χ2v) is 6.60. The van der Waals surface area contributed by atoms with Crippen molar-refractivity contribution < 1.29 is 14.3 Å². The van der Waals surface area contributed by atoms with Crippen LogP contribution >= 0.6 is 0 Å². The zero-order valence-electron chi connectivity index (χ0n) is 14.6. The Balaban J connectivity index is 1.73. The van der Waals surface area contributed by atoms with Gasteiger partial charge in [0, 0.05) is 44.6 Å². The lowest BCUT2D eigenvalue weighted by molar-refractivity contribution is -0.140. The van der Waals surface area contributed by atoms with Crippen molar-refractivity contribution in [1.82, 2.24) is 10.2 Å². The van der Waals surface area contributed by atoms with Gasteiger partial charge in [-0.3, -0.25) is 9.79 Å². The Morgan fingerprint density at radius 3 is 2.91 bits per heavy atom. The van der Waals surface area contributed by atoms with E-state index in [0.29, 0.717) is 11.8 Å².